The Labute approximate surface area is 127 Å². The monoisotopic (exact) mass is 306 g/mol. The number of methoxy groups -OCH3 is 1. The van der Waals surface area contributed by atoms with E-state index in [2.05, 4.69) is 28.9 Å². The van der Waals surface area contributed by atoms with Crippen LogP contribution in [-0.2, 0) is 16.8 Å². The van der Waals surface area contributed by atoms with Gasteiger partial charge in [0.1, 0.15) is 0 Å². The van der Waals surface area contributed by atoms with E-state index >= 15 is 0 Å². The van der Waals surface area contributed by atoms with Crippen molar-refractivity contribution >= 4 is 12.4 Å². The van der Waals surface area contributed by atoms with Gasteiger partial charge in [-0.15, -0.1) is 12.4 Å². The van der Waals surface area contributed by atoms with Crippen molar-refractivity contribution in [3.63, 3.8) is 0 Å². The van der Waals surface area contributed by atoms with Crippen molar-refractivity contribution in [2.75, 3.05) is 26.8 Å². The second-order valence-electron chi connectivity index (χ2n) is 5.86. The Bertz CT molecular complexity index is 377. The quantitative estimate of drug-likeness (QED) is 0.789. The summed E-state index contributed by atoms with van der Waals surface area (Å²) in [6, 6.07) is 0. The summed E-state index contributed by atoms with van der Waals surface area (Å²) in [4.78, 5) is 6.60. The number of hydrogen-bond donors (Lipinski definition) is 1. The zero-order valence-electron chi connectivity index (χ0n) is 13.0. The highest BCUT2D eigenvalue weighted by Crippen LogP contribution is 2.14. The molecule has 0 bridgehead atoms. The van der Waals surface area contributed by atoms with Crippen LogP contribution in [0.4, 0.5) is 0 Å². The minimum atomic E-state index is -0.572. The predicted molar refractivity (Wildman–Crippen MR) is 80.8 cm³/mol. The molecule has 1 aromatic heterocycles. The summed E-state index contributed by atoms with van der Waals surface area (Å²) in [6.07, 6.45) is 0. The van der Waals surface area contributed by atoms with Gasteiger partial charge in [-0.05, 0) is 19.8 Å². The van der Waals surface area contributed by atoms with Gasteiger partial charge in [-0.25, -0.2) is 0 Å². The third kappa shape index (κ3) is 6.65. The standard InChI is InChI=1S/C13H26N4O2.ClH/c1-10(2)8-17(6-7-18-5)9-11-15-12(16-19-11)13(3,4)14;/h10H,6-9,14H2,1-5H3;1H. The lowest BCUT2D eigenvalue weighted by atomic mass is 10.1. The maximum atomic E-state index is 5.94. The van der Waals surface area contributed by atoms with Crippen LogP contribution in [0.3, 0.4) is 0 Å². The molecule has 0 aliphatic rings. The number of hydrogen-bond acceptors (Lipinski definition) is 6. The Kier molecular flexibility index (Phi) is 8.27. The summed E-state index contributed by atoms with van der Waals surface area (Å²) in [6.45, 7) is 11.2. The van der Waals surface area contributed by atoms with Gasteiger partial charge >= 0.3 is 0 Å². The largest absolute Gasteiger partial charge is 0.383 e. The molecule has 7 heteroatoms. The lowest BCUT2D eigenvalue weighted by Gasteiger charge is -2.21. The Morgan fingerprint density at radius 2 is 2.05 bits per heavy atom. The molecule has 1 rings (SSSR count). The highest BCUT2D eigenvalue weighted by molar-refractivity contribution is 5.85. The van der Waals surface area contributed by atoms with Crippen molar-refractivity contribution in [1.82, 2.24) is 15.0 Å². The molecule has 1 aromatic rings. The van der Waals surface area contributed by atoms with Crippen LogP contribution in [0.15, 0.2) is 4.52 Å². The van der Waals surface area contributed by atoms with E-state index in [0.717, 1.165) is 13.1 Å². The maximum absolute atomic E-state index is 5.94. The van der Waals surface area contributed by atoms with E-state index in [4.69, 9.17) is 15.0 Å². The molecule has 0 saturated heterocycles. The summed E-state index contributed by atoms with van der Waals surface area (Å²) in [5.41, 5.74) is 5.37. The zero-order chi connectivity index (χ0) is 14.5. The van der Waals surface area contributed by atoms with Crippen LogP contribution in [0.1, 0.15) is 39.4 Å². The highest BCUT2D eigenvalue weighted by atomic mass is 35.5. The average molecular weight is 307 g/mol. The van der Waals surface area contributed by atoms with Crippen molar-refractivity contribution in [2.45, 2.75) is 39.8 Å². The smallest absolute Gasteiger partial charge is 0.240 e. The van der Waals surface area contributed by atoms with Gasteiger partial charge in [0.25, 0.3) is 0 Å². The fraction of sp³-hybridized carbons (Fsp3) is 0.846. The van der Waals surface area contributed by atoms with E-state index in [-0.39, 0.29) is 12.4 Å². The minimum absolute atomic E-state index is 0. The van der Waals surface area contributed by atoms with Crippen LogP contribution < -0.4 is 5.73 Å². The van der Waals surface area contributed by atoms with Crippen LogP contribution >= 0.6 is 12.4 Å². The third-order valence-electron chi connectivity index (χ3n) is 2.64. The van der Waals surface area contributed by atoms with E-state index in [9.17, 15) is 0 Å². The molecule has 0 aliphatic carbocycles. The lowest BCUT2D eigenvalue weighted by Crippen LogP contribution is -2.31. The minimum Gasteiger partial charge on any atom is -0.383 e. The molecule has 2 N–H and O–H groups in total. The number of aromatic nitrogens is 2. The molecule has 20 heavy (non-hydrogen) atoms. The first-order valence-electron chi connectivity index (χ1n) is 6.66. The number of rotatable bonds is 8. The normalized spacial score (nSPS) is 12.0. The molecular formula is C13H27ClN4O2. The van der Waals surface area contributed by atoms with Gasteiger partial charge in [0.05, 0.1) is 18.7 Å². The van der Waals surface area contributed by atoms with Gasteiger partial charge in [-0.2, -0.15) is 4.98 Å². The molecule has 1 heterocycles. The van der Waals surface area contributed by atoms with Crippen molar-refractivity contribution < 1.29 is 9.26 Å². The van der Waals surface area contributed by atoms with Crippen LogP contribution in [0, 0.1) is 5.92 Å². The average Bonchev–Trinajstić information content (AvgIpc) is 2.73. The molecule has 0 saturated carbocycles. The van der Waals surface area contributed by atoms with Crippen molar-refractivity contribution in [2.24, 2.45) is 11.7 Å². The van der Waals surface area contributed by atoms with E-state index in [1.807, 2.05) is 13.8 Å². The maximum Gasteiger partial charge on any atom is 0.240 e. The van der Waals surface area contributed by atoms with Gasteiger partial charge in [0.2, 0.25) is 5.89 Å². The van der Waals surface area contributed by atoms with Crippen LogP contribution in [0.5, 0.6) is 0 Å². The number of ether oxygens (including phenoxy) is 1. The molecule has 0 aromatic carbocycles. The van der Waals surface area contributed by atoms with Crippen LogP contribution in [0.2, 0.25) is 0 Å². The Balaban J connectivity index is 0.00000361. The first-order valence-corrected chi connectivity index (χ1v) is 6.66. The molecule has 0 radical (unpaired) electrons. The van der Waals surface area contributed by atoms with Gasteiger partial charge in [0, 0.05) is 20.2 Å². The SMILES string of the molecule is COCCN(Cc1nc(C(C)(C)N)no1)CC(C)C.Cl. The first kappa shape index (κ1) is 19.3. The van der Waals surface area contributed by atoms with Crippen molar-refractivity contribution in [3.8, 4) is 0 Å². The molecule has 0 aliphatic heterocycles. The van der Waals surface area contributed by atoms with Gasteiger partial charge in [-0.1, -0.05) is 19.0 Å². The Morgan fingerprint density at radius 1 is 1.40 bits per heavy atom. The van der Waals surface area contributed by atoms with E-state index in [1.165, 1.54) is 0 Å². The molecule has 0 spiro atoms. The lowest BCUT2D eigenvalue weighted by molar-refractivity contribution is 0.127. The molecule has 118 valence electrons. The van der Waals surface area contributed by atoms with Crippen molar-refractivity contribution in [1.29, 1.82) is 0 Å². The highest BCUT2D eigenvalue weighted by Gasteiger charge is 2.22. The third-order valence-corrected chi connectivity index (χ3v) is 2.64. The van der Waals surface area contributed by atoms with Gasteiger partial charge in [-0.3, -0.25) is 4.90 Å². The van der Waals surface area contributed by atoms with Gasteiger partial charge < -0.3 is 15.0 Å². The topological polar surface area (TPSA) is 77.4 Å². The first-order chi connectivity index (χ1) is 8.82. The molecule has 0 atom stereocenters. The van der Waals surface area contributed by atoms with Crippen molar-refractivity contribution in [3.05, 3.63) is 11.7 Å². The van der Waals surface area contributed by atoms with E-state index in [1.54, 1.807) is 7.11 Å². The second kappa shape index (κ2) is 8.56. The molecule has 0 unspecified atom stereocenters. The summed E-state index contributed by atoms with van der Waals surface area (Å²) in [7, 11) is 1.70. The summed E-state index contributed by atoms with van der Waals surface area (Å²) >= 11 is 0. The fourth-order valence-electron chi connectivity index (χ4n) is 1.74. The zero-order valence-corrected chi connectivity index (χ0v) is 13.9. The van der Waals surface area contributed by atoms with E-state index < -0.39 is 5.54 Å². The molecule has 0 fully saturated rings. The Morgan fingerprint density at radius 3 is 2.50 bits per heavy atom. The number of nitrogens with two attached hydrogens (primary N) is 1. The summed E-state index contributed by atoms with van der Waals surface area (Å²) in [5, 5.41) is 3.93. The summed E-state index contributed by atoms with van der Waals surface area (Å²) < 4.78 is 10.4. The summed E-state index contributed by atoms with van der Waals surface area (Å²) in [5.74, 6) is 1.72. The number of halogens is 1. The van der Waals surface area contributed by atoms with E-state index in [0.29, 0.717) is 30.8 Å². The van der Waals surface area contributed by atoms with Crippen LogP contribution in [0.25, 0.3) is 0 Å². The predicted octanol–water partition coefficient (Wildman–Crippen LogP) is 1.79. The fourth-order valence-corrected chi connectivity index (χ4v) is 1.74. The number of nitrogens with zero attached hydrogens (tertiary/aromatic N) is 3. The Hall–Kier alpha value is -0.690. The second-order valence-corrected chi connectivity index (χ2v) is 5.86. The molecule has 6 nitrogen and oxygen atoms in total. The molecule has 0 amide bonds. The molecular weight excluding hydrogens is 280 g/mol. The van der Waals surface area contributed by atoms with Gasteiger partial charge in [0.15, 0.2) is 5.82 Å². The van der Waals surface area contributed by atoms with Crippen LogP contribution in [-0.4, -0.2) is 41.8 Å².